The topological polar surface area (TPSA) is 74.2 Å². The van der Waals surface area contributed by atoms with Crippen LogP contribution in [0.3, 0.4) is 0 Å². The molecule has 0 aliphatic carbocycles. The number of carbonyl (C=O) groups excluding carboxylic acids is 2. The van der Waals surface area contributed by atoms with Gasteiger partial charge in [0.1, 0.15) is 12.4 Å². The molecule has 0 bridgehead atoms. The maximum Gasteiger partial charge on any atom is 0.360 e. The first-order valence-electron chi connectivity index (χ1n) is 6.89. The van der Waals surface area contributed by atoms with Crippen LogP contribution in [0.25, 0.3) is 0 Å². The van der Waals surface area contributed by atoms with Crippen LogP contribution in [0.15, 0.2) is 40.7 Å². The Morgan fingerprint density at radius 2 is 1.96 bits per heavy atom. The average Bonchev–Trinajstić information content (AvgIpc) is 2.54. The highest BCUT2D eigenvalue weighted by molar-refractivity contribution is 8.14. The Bertz CT molecular complexity index is 664. The molecule has 0 atom stereocenters. The molecule has 0 unspecified atom stereocenters. The molecule has 1 aromatic rings. The highest BCUT2D eigenvalue weighted by Crippen LogP contribution is 2.24. The van der Waals surface area contributed by atoms with E-state index in [9.17, 15) is 9.59 Å². The quantitative estimate of drug-likeness (QED) is 0.770. The first kappa shape index (κ1) is 17.1. The van der Waals surface area contributed by atoms with Gasteiger partial charge in [0.05, 0.1) is 17.9 Å². The molecule has 1 aromatic carbocycles. The molecule has 0 saturated heterocycles. The van der Waals surface area contributed by atoms with Crippen LogP contribution in [-0.4, -0.2) is 29.8 Å². The summed E-state index contributed by atoms with van der Waals surface area (Å²) < 4.78 is 15.4. The Morgan fingerprint density at radius 3 is 2.57 bits per heavy atom. The minimum atomic E-state index is -0.614. The fourth-order valence-electron chi connectivity index (χ4n) is 1.84. The number of ether oxygens (including phenoxy) is 3. The van der Waals surface area contributed by atoms with Gasteiger partial charge in [-0.2, -0.15) is 0 Å². The van der Waals surface area contributed by atoms with Crippen LogP contribution in [0.5, 0.6) is 5.75 Å². The van der Waals surface area contributed by atoms with Crippen LogP contribution in [0.4, 0.5) is 0 Å². The third-order valence-corrected chi connectivity index (χ3v) is 3.85. The number of hydrogen-bond acceptors (Lipinski definition) is 7. The number of rotatable bonds is 5. The number of carbonyl (C=O) groups is 2. The summed E-state index contributed by atoms with van der Waals surface area (Å²) in [6.07, 6.45) is 0. The fourth-order valence-corrected chi connectivity index (χ4v) is 2.53. The molecule has 6 nitrogen and oxygen atoms in total. The van der Waals surface area contributed by atoms with Gasteiger partial charge in [0, 0.05) is 6.92 Å². The van der Waals surface area contributed by atoms with E-state index in [1.54, 1.807) is 38.3 Å². The molecule has 0 radical (unpaired) electrons. The van der Waals surface area contributed by atoms with Gasteiger partial charge in [-0.15, -0.1) is 11.8 Å². The first-order chi connectivity index (χ1) is 11.0. The molecule has 23 heavy (non-hydrogen) atoms. The van der Waals surface area contributed by atoms with Crippen LogP contribution >= 0.6 is 11.8 Å². The lowest BCUT2D eigenvalue weighted by Gasteiger charge is -2.15. The van der Waals surface area contributed by atoms with Crippen molar-refractivity contribution in [3.8, 4) is 5.75 Å². The summed E-state index contributed by atoms with van der Waals surface area (Å²) in [5.41, 5.74) is 0.865. The second-order valence-electron chi connectivity index (χ2n) is 4.71. The van der Waals surface area contributed by atoms with Crippen molar-refractivity contribution in [3.05, 3.63) is 41.3 Å². The second kappa shape index (κ2) is 7.82. The van der Waals surface area contributed by atoms with Crippen molar-refractivity contribution >= 4 is 28.7 Å². The molecule has 0 spiro atoms. The Balaban J connectivity index is 2.07. The Kier molecular flexibility index (Phi) is 5.81. The van der Waals surface area contributed by atoms with E-state index in [4.69, 9.17) is 14.2 Å². The Labute approximate surface area is 138 Å². The average molecular weight is 335 g/mol. The molecule has 7 heteroatoms. The van der Waals surface area contributed by atoms with Crippen LogP contribution in [-0.2, 0) is 25.7 Å². The van der Waals surface area contributed by atoms with Crippen LogP contribution in [0, 0.1) is 0 Å². The molecule has 0 aromatic heterocycles. The van der Waals surface area contributed by atoms with Crippen LogP contribution in [0.2, 0.25) is 0 Å². The normalized spacial score (nSPS) is 14.1. The third kappa shape index (κ3) is 4.85. The summed E-state index contributed by atoms with van der Waals surface area (Å²) in [4.78, 5) is 27.5. The predicted molar refractivity (Wildman–Crippen MR) is 87.1 cm³/mol. The van der Waals surface area contributed by atoms with Crippen molar-refractivity contribution in [2.75, 3.05) is 12.9 Å². The number of methoxy groups -OCH3 is 1. The molecule has 2 rings (SSSR count). The zero-order chi connectivity index (χ0) is 16.8. The van der Waals surface area contributed by atoms with Gasteiger partial charge in [0.25, 0.3) is 0 Å². The van der Waals surface area contributed by atoms with Gasteiger partial charge in [-0.3, -0.25) is 4.79 Å². The SMILES string of the molecule is COc1ccc(COC(=O)C2=C(OC(C)=O)CSC(C)=N2)cc1. The smallest absolute Gasteiger partial charge is 0.360 e. The molecular formula is C16H17NO5S. The molecule has 1 aliphatic heterocycles. The van der Waals surface area contributed by atoms with E-state index in [0.29, 0.717) is 5.75 Å². The van der Waals surface area contributed by atoms with Crippen molar-refractivity contribution < 1.29 is 23.8 Å². The van der Waals surface area contributed by atoms with Crippen molar-refractivity contribution in [2.24, 2.45) is 4.99 Å². The lowest BCUT2D eigenvalue weighted by atomic mass is 10.2. The molecule has 0 saturated carbocycles. The number of hydrogen-bond donors (Lipinski definition) is 0. The monoisotopic (exact) mass is 335 g/mol. The fraction of sp³-hybridized carbons (Fsp3) is 0.312. The maximum absolute atomic E-state index is 12.2. The van der Waals surface area contributed by atoms with E-state index in [1.807, 2.05) is 0 Å². The van der Waals surface area contributed by atoms with Gasteiger partial charge in [-0.1, -0.05) is 12.1 Å². The van der Waals surface area contributed by atoms with E-state index >= 15 is 0 Å². The summed E-state index contributed by atoms with van der Waals surface area (Å²) in [5, 5.41) is 0.720. The lowest BCUT2D eigenvalue weighted by molar-refractivity contribution is -0.141. The molecule has 1 aliphatic rings. The molecule has 0 N–H and O–H groups in total. The van der Waals surface area contributed by atoms with Gasteiger partial charge >= 0.3 is 11.9 Å². The van der Waals surface area contributed by atoms with Gasteiger partial charge in [0.2, 0.25) is 0 Å². The van der Waals surface area contributed by atoms with Crippen molar-refractivity contribution in [1.82, 2.24) is 0 Å². The highest BCUT2D eigenvalue weighted by atomic mass is 32.2. The van der Waals surface area contributed by atoms with Gasteiger partial charge in [-0.25, -0.2) is 9.79 Å². The molecule has 0 amide bonds. The number of benzene rings is 1. The maximum atomic E-state index is 12.2. The summed E-state index contributed by atoms with van der Waals surface area (Å²) >= 11 is 1.40. The van der Waals surface area contributed by atoms with E-state index in [2.05, 4.69) is 4.99 Å². The van der Waals surface area contributed by atoms with Gasteiger partial charge in [-0.05, 0) is 24.6 Å². The van der Waals surface area contributed by atoms with Gasteiger partial charge < -0.3 is 14.2 Å². The Morgan fingerprint density at radius 1 is 1.26 bits per heavy atom. The zero-order valence-corrected chi connectivity index (χ0v) is 13.9. The molecule has 1 heterocycles. The number of thioether (sulfide) groups is 1. The zero-order valence-electron chi connectivity index (χ0n) is 13.1. The summed E-state index contributed by atoms with van der Waals surface area (Å²) in [6, 6.07) is 7.18. The number of aliphatic imine (C=N–C) groups is 1. The largest absolute Gasteiger partial charge is 0.497 e. The summed E-state index contributed by atoms with van der Waals surface area (Å²) in [7, 11) is 1.58. The third-order valence-electron chi connectivity index (χ3n) is 2.93. The molecular weight excluding hydrogens is 318 g/mol. The minimum Gasteiger partial charge on any atom is -0.497 e. The number of nitrogens with zero attached hydrogens (tertiary/aromatic N) is 1. The minimum absolute atomic E-state index is 0.0463. The van der Waals surface area contributed by atoms with Crippen LogP contribution < -0.4 is 4.74 Å². The van der Waals surface area contributed by atoms with E-state index in [0.717, 1.165) is 16.4 Å². The Hall–Kier alpha value is -2.28. The summed E-state index contributed by atoms with van der Waals surface area (Å²) in [5.74, 6) is 0.229. The van der Waals surface area contributed by atoms with E-state index < -0.39 is 11.9 Å². The lowest BCUT2D eigenvalue weighted by Crippen LogP contribution is -2.17. The van der Waals surface area contributed by atoms with Crippen molar-refractivity contribution in [1.29, 1.82) is 0 Å². The van der Waals surface area contributed by atoms with Crippen molar-refractivity contribution in [2.45, 2.75) is 20.5 Å². The van der Waals surface area contributed by atoms with Crippen molar-refractivity contribution in [3.63, 3.8) is 0 Å². The standard InChI is InChI=1S/C16H17NO5S/c1-10-17-15(14(9-23-10)22-11(2)18)16(19)21-8-12-4-6-13(20-3)7-5-12/h4-7H,8-9H2,1-3H3. The molecule has 122 valence electrons. The highest BCUT2D eigenvalue weighted by Gasteiger charge is 2.23. The summed E-state index contributed by atoms with van der Waals surface area (Å²) in [6.45, 7) is 3.16. The molecule has 0 fully saturated rings. The van der Waals surface area contributed by atoms with Crippen LogP contribution in [0.1, 0.15) is 19.4 Å². The van der Waals surface area contributed by atoms with Gasteiger partial charge in [0.15, 0.2) is 11.5 Å². The first-order valence-corrected chi connectivity index (χ1v) is 7.88. The van der Waals surface area contributed by atoms with E-state index in [-0.39, 0.29) is 18.1 Å². The second-order valence-corrected chi connectivity index (χ2v) is 5.88. The number of esters is 2. The predicted octanol–water partition coefficient (Wildman–Crippen LogP) is 2.68. The van der Waals surface area contributed by atoms with E-state index in [1.165, 1.54) is 18.7 Å².